The molecule has 4 heteroatoms. The van der Waals surface area contributed by atoms with Crippen LogP contribution in [0.4, 0.5) is 5.69 Å². The lowest BCUT2D eigenvalue weighted by molar-refractivity contribution is 0.0698. The molecule has 2 aromatic rings. The van der Waals surface area contributed by atoms with Gasteiger partial charge in [-0.25, -0.2) is 4.79 Å². The first-order chi connectivity index (χ1) is 9.61. The molecule has 0 aliphatic carbocycles. The van der Waals surface area contributed by atoms with Crippen LogP contribution in [0.1, 0.15) is 35.3 Å². The first-order valence-electron chi connectivity index (χ1n) is 6.46. The van der Waals surface area contributed by atoms with E-state index in [4.69, 9.17) is 0 Å². The van der Waals surface area contributed by atoms with Crippen molar-refractivity contribution in [3.8, 4) is 0 Å². The highest BCUT2D eigenvalue weighted by molar-refractivity contribution is 9.10. The van der Waals surface area contributed by atoms with Crippen molar-refractivity contribution >= 4 is 27.6 Å². The van der Waals surface area contributed by atoms with Gasteiger partial charge in [0, 0.05) is 10.2 Å². The maximum absolute atomic E-state index is 11.2. The van der Waals surface area contributed by atoms with Gasteiger partial charge >= 0.3 is 5.97 Å². The molecular formula is C16H16BrNO2. The average Bonchev–Trinajstić information content (AvgIpc) is 2.46. The van der Waals surface area contributed by atoms with Crippen LogP contribution >= 0.6 is 15.9 Å². The van der Waals surface area contributed by atoms with Crippen molar-refractivity contribution in [1.82, 2.24) is 0 Å². The van der Waals surface area contributed by atoms with E-state index < -0.39 is 5.97 Å². The predicted molar refractivity (Wildman–Crippen MR) is 84.2 cm³/mol. The van der Waals surface area contributed by atoms with E-state index in [1.54, 1.807) is 18.2 Å². The van der Waals surface area contributed by atoms with Crippen LogP contribution in [-0.2, 0) is 0 Å². The van der Waals surface area contributed by atoms with Gasteiger partial charge in [-0.05, 0) is 36.2 Å². The predicted octanol–water partition coefficient (Wildman–Crippen LogP) is 4.71. The Bertz CT molecular complexity index is 596. The Morgan fingerprint density at radius 3 is 2.45 bits per heavy atom. The molecule has 0 aromatic heterocycles. The molecule has 0 amide bonds. The smallest absolute Gasteiger partial charge is 0.337 e. The second kappa shape index (κ2) is 6.57. The zero-order valence-electron chi connectivity index (χ0n) is 11.1. The minimum absolute atomic E-state index is 0.0867. The number of rotatable bonds is 5. The first kappa shape index (κ1) is 14.6. The monoisotopic (exact) mass is 333 g/mol. The molecule has 2 N–H and O–H groups in total. The SMILES string of the molecule is CCC(Nc1ccccc1C(=O)O)c1ccc(Br)cc1. The highest BCUT2D eigenvalue weighted by Gasteiger charge is 2.14. The lowest BCUT2D eigenvalue weighted by Gasteiger charge is -2.20. The third kappa shape index (κ3) is 3.39. The van der Waals surface area contributed by atoms with Crippen LogP contribution in [0.15, 0.2) is 53.0 Å². The second-order valence-electron chi connectivity index (χ2n) is 4.51. The fourth-order valence-electron chi connectivity index (χ4n) is 2.10. The van der Waals surface area contributed by atoms with Crippen molar-refractivity contribution < 1.29 is 9.90 Å². The van der Waals surface area contributed by atoms with Crippen molar-refractivity contribution in [3.63, 3.8) is 0 Å². The summed E-state index contributed by atoms with van der Waals surface area (Å²) in [6.45, 7) is 2.07. The molecule has 3 nitrogen and oxygen atoms in total. The zero-order chi connectivity index (χ0) is 14.5. The van der Waals surface area contributed by atoms with Gasteiger partial charge in [0.1, 0.15) is 0 Å². The number of carboxylic acids is 1. The summed E-state index contributed by atoms with van der Waals surface area (Å²) in [5.74, 6) is -0.918. The van der Waals surface area contributed by atoms with Crippen LogP contribution in [0, 0.1) is 0 Å². The molecule has 0 fully saturated rings. The van der Waals surface area contributed by atoms with Gasteiger partial charge in [0.05, 0.1) is 11.6 Å². The third-order valence-electron chi connectivity index (χ3n) is 3.17. The summed E-state index contributed by atoms with van der Waals surface area (Å²) in [6, 6.07) is 15.1. The highest BCUT2D eigenvalue weighted by Crippen LogP contribution is 2.26. The molecule has 2 rings (SSSR count). The maximum Gasteiger partial charge on any atom is 0.337 e. The van der Waals surface area contributed by atoms with Gasteiger partial charge in [0.2, 0.25) is 0 Å². The molecule has 0 heterocycles. The lowest BCUT2D eigenvalue weighted by Crippen LogP contribution is -2.12. The van der Waals surface area contributed by atoms with Crippen LogP contribution in [0.2, 0.25) is 0 Å². The van der Waals surface area contributed by atoms with Gasteiger partial charge in [-0.2, -0.15) is 0 Å². The molecule has 0 saturated heterocycles. The van der Waals surface area contributed by atoms with Crippen molar-refractivity contribution in [1.29, 1.82) is 0 Å². The van der Waals surface area contributed by atoms with E-state index in [-0.39, 0.29) is 6.04 Å². The number of nitrogens with one attached hydrogen (secondary N) is 1. The number of carbonyl (C=O) groups is 1. The fourth-order valence-corrected chi connectivity index (χ4v) is 2.36. The molecule has 1 atom stereocenters. The standard InChI is InChI=1S/C16H16BrNO2/c1-2-14(11-7-9-12(17)10-8-11)18-15-6-4-3-5-13(15)16(19)20/h3-10,14,18H,2H2,1H3,(H,19,20). The van der Waals surface area contributed by atoms with E-state index in [9.17, 15) is 9.90 Å². The molecule has 104 valence electrons. The average molecular weight is 334 g/mol. The van der Waals surface area contributed by atoms with Crippen molar-refractivity contribution in [2.45, 2.75) is 19.4 Å². The minimum atomic E-state index is -0.918. The highest BCUT2D eigenvalue weighted by atomic mass is 79.9. The van der Waals surface area contributed by atoms with E-state index in [1.807, 2.05) is 30.3 Å². The number of para-hydroxylation sites is 1. The molecular weight excluding hydrogens is 318 g/mol. The summed E-state index contributed by atoms with van der Waals surface area (Å²) in [4.78, 5) is 11.2. The molecule has 0 aliphatic heterocycles. The summed E-state index contributed by atoms with van der Waals surface area (Å²) in [5, 5.41) is 12.5. The zero-order valence-corrected chi connectivity index (χ0v) is 12.7. The van der Waals surface area contributed by atoms with Crippen LogP contribution in [0.3, 0.4) is 0 Å². The number of anilines is 1. The number of halogens is 1. The summed E-state index contributed by atoms with van der Waals surface area (Å²) in [5.41, 5.74) is 2.08. The Morgan fingerprint density at radius 2 is 1.85 bits per heavy atom. The number of benzene rings is 2. The number of hydrogen-bond acceptors (Lipinski definition) is 2. The van der Waals surface area contributed by atoms with Gasteiger partial charge in [0.25, 0.3) is 0 Å². The van der Waals surface area contributed by atoms with Crippen LogP contribution in [-0.4, -0.2) is 11.1 Å². The molecule has 0 saturated carbocycles. The van der Waals surface area contributed by atoms with Crippen LogP contribution < -0.4 is 5.32 Å². The Morgan fingerprint density at radius 1 is 1.20 bits per heavy atom. The van der Waals surface area contributed by atoms with E-state index in [1.165, 1.54) is 0 Å². The molecule has 0 radical (unpaired) electrons. The van der Waals surface area contributed by atoms with Gasteiger partial charge < -0.3 is 10.4 Å². The molecule has 0 bridgehead atoms. The summed E-state index contributed by atoms with van der Waals surface area (Å²) >= 11 is 3.42. The van der Waals surface area contributed by atoms with Gasteiger partial charge in [0.15, 0.2) is 0 Å². The fraction of sp³-hybridized carbons (Fsp3) is 0.188. The summed E-state index contributed by atoms with van der Waals surface area (Å²) in [6.07, 6.45) is 0.871. The Hall–Kier alpha value is -1.81. The number of aromatic carboxylic acids is 1. The quantitative estimate of drug-likeness (QED) is 0.832. The minimum Gasteiger partial charge on any atom is -0.478 e. The number of hydrogen-bond donors (Lipinski definition) is 2. The number of carboxylic acid groups (broad SMARTS) is 1. The van der Waals surface area contributed by atoms with Gasteiger partial charge in [-0.3, -0.25) is 0 Å². The van der Waals surface area contributed by atoms with E-state index in [2.05, 4.69) is 28.2 Å². The van der Waals surface area contributed by atoms with Crippen molar-refractivity contribution in [2.75, 3.05) is 5.32 Å². The van der Waals surface area contributed by atoms with E-state index in [0.29, 0.717) is 11.3 Å². The van der Waals surface area contributed by atoms with Crippen LogP contribution in [0.5, 0.6) is 0 Å². The van der Waals surface area contributed by atoms with Gasteiger partial charge in [-0.15, -0.1) is 0 Å². The van der Waals surface area contributed by atoms with Crippen molar-refractivity contribution in [2.24, 2.45) is 0 Å². The first-order valence-corrected chi connectivity index (χ1v) is 7.25. The second-order valence-corrected chi connectivity index (χ2v) is 5.42. The van der Waals surface area contributed by atoms with Gasteiger partial charge in [-0.1, -0.05) is 47.1 Å². The molecule has 1 unspecified atom stereocenters. The largest absolute Gasteiger partial charge is 0.478 e. The van der Waals surface area contributed by atoms with E-state index in [0.717, 1.165) is 16.5 Å². The topological polar surface area (TPSA) is 49.3 Å². The van der Waals surface area contributed by atoms with E-state index >= 15 is 0 Å². The summed E-state index contributed by atoms with van der Waals surface area (Å²) in [7, 11) is 0. The molecule has 0 aliphatic rings. The molecule has 20 heavy (non-hydrogen) atoms. The molecule has 2 aromatic carbocycles. The normalized spacial score (nSPS) is 11.9. The van der Waals surface area contributed by atoms with Crippen molar-refractivity contribution in [3.05, 3.63) is 64.1 Å². The third-order valence-corrected chi connectivity index (χ3v) is 3.70. The Balaban J connectivity index is 2.27. The molecule has 0 spiro atoms. The Kier molecular flexibility index (Phi) is 4.79. The lowest BCUT2D eigenvalue weighted by atomic mass is 10.0. The van der Waals surface area contributed by atoms with Crippen LogP contribution in [0.25, 0.3) is 0 Å². The Labute approximate surface area is 126 Å². The maximum atomic E-state index is 11.2. The summed E-state index contributed by atoms with van der Waals surface area (Å²) < 4.78 is 1.03.